The number of hydrogen-bond acceptors (Lipinski definition) is 7. The first-order valence-electron chi connectivity index (χ1n) is 10.6. The number of amides is 3. The number of methoxy groups -OCH3 is 2. The van der Waals surface area contributed by atoms with Crippen LogP contribution in [0.5, 0.6) is 11.5 Å². The van der Waals surface area contributed by atoms with E-state index in [1.54, 1.807) is 25.1 Å². The average Bonchev–Trinajstić information content (AvgIpc) is 2.78. The summed E-state index contributed by atoms with van der Waals surface area (Å²) in [6.45, 7) is 3.55. The number of likely N-dealkylation sites (tertiary alicyclic amines) is 1. The van der Waals surface area contributed by atoms with E-state index in [2.05, 4.69) is 15.5 Å². The number of rotatable bonds is 8. The van der Waals surface area contributed by atoms with Crippen LogP contribution in [0.4, 0.5) is 4.79 Å². The van der Waals surface area contributed by atoms with Gasteiger partial charge in [0.05, 0.1) is 32.4 Å². The molecular weight excluding hydrogens is 416 g/mol. The second-order valence-electron chi connectivity index (χ2n) is 7.71. The van der Waals surface area contributed by atoms with Gasteiger partial charge in [-0.3, -0.25) is 9.69 Å². The SMILES string of the molecule is CCOC(=O)C1=C(CN2CCC(C(N)=O)CC2)NC(=O)N[C@H]1c1ccc(OC)c(OC)c1. The van der Waals surface area contributed by atoms with Gasteiger partial charge in [0, 0.05) is 18.2 Å². The van der Waals surface area contributed by atoms with E-state index in [1.807, 2.05) is 0 Å². The second kappa shape index (κ2) is 10.4. The molecule has 10 nitrogen and oxygen atoms in total. The normalized spacial score (nSPS) is 19.7. The first-order chi connectivity index (χ1) is 15.4. The Balaban J connectivity index is 1.95. The van der Waals surface area contributed by atoms with E-state index >= 15 is 0 Å². The lowest BCUT2D eigenvalue weighted by molar-refractivity contribution is -0.139. The lowest BCUT2D eigenvalue weighted by Crippen LogP contribution is -2.49. The number of hydrogen-bond donors (Lipinski definition) is 3. The number of carbonyl (C=O) groups is 3. The third-order valence-electron chi connectivity index (χ3n) is 5.76. The van der Waals surface area contributed by atoms with Crippen LogP contribution in [0.25, 0.3) is 0 Å². The van der Waals surface area contributed by atoms with Gasteiger partial charge in [-0.25, -0.2) is 9.59 Å². The molecule has 4 N–H and O–H groups in total. The van der Waals surface area contributed by atoms with Gasteiger partial charge in [0.1, 0.15) is 0 Å². The summed E-state index contributed by atoms with van der Waals surface area (Å²) in [5, 5.41) is 5.59. The molecule has 10 heteroatoms. The fourth-order valence-electron chi connectivity index (χ4n) is 4.07. The number of nitrogens with two attached hydrogens (primary N) is 1. The molecule has 1 aromatic rings. The van der Waals surface area contributed by atoms with Gasteiger partial charge in [-0.1, -0.05) is 6.07 Å². The third kappa shape index (κ3) is 5.13. The summed E-state index contributed by atoms with van der Waals surface area (Å²) in [4.78, 5) is 39.0. The van der Waals surface area contributed by atoms with Crippen LogP contribution in [-0.2, 0) is 14.3 Å². The Bertz CT molecular complexity index is 908. The Morgan fingerprint density at radius 2 is 1.84 bits per heavy atom. The lowest BCUT2D eigenvalue weighted by Gasteiger charge is -2.34. The van der Waals surface area contributed by atoms with Crippen molar-refractivity contribution in [1.29, 1.82) is 0 Å². The number of esters is 1. The van der Waals surface area contributed by atoms with E-state index in [0.717, 1.165) is 0 Å². The average molecular weight is 447 g/mol. The molecule has 0 spiro atoms. The molecule has 0 aliphatic carbocycles. The van der Waals surface area contributed by atoms with Crippen LogP contribution in [0.2, 0.25) is 0 Å². The predicted octanol–water partition coefficient (Wildman–Crippen LogP) is 1.07. The highest BCUT2D eigenvalue weighted by molar-refractivity contribution is 5.95. The summed E-state index contributed by atoms with van der Waals surface area (Å²) >= 11 is 0. The highest BCUT2D eigenvalue weighted by Crippen LogP contribution is 2.34. The molecule has 2 heterocycles. The first kappa shape index (κ1) is 23.4. The molecule has 2 aliphatic rings. The highest BCUT2D eigenvalue weighted by Gasteiger charge is 2.35. The van der Waals surface area contributed by atoms with E-state index in [1.165, 1.54) is 14.2 Å². The molecule has 0 radical (unpaired) electrons. The molecule has 0 bridgehead atoms. The first-order valence-corrected chi connectivity index (χ1v) is 10.6. The van der Waals surface area contributed by atoms with E-state index in [0.29, 0.717) is 60.8 Å². The molecule has 0 saturated carbocycles. The standard InChI is InChI=1S/C22H30N4O6/c1-4-32-21(28)18-15(12-26-9-7-13(8-10-26)20(23)27)24-22(29)25-19(18)14-5-6-16(30-2)17(11-14)31-3/h5-6,11,13,19H,4,7-10,12H2,1-3H3,(H2,23,27)(H2,24,25,29)/t19-/m0/s1. The minimum Gasteiger partial charge on any atom is -0.493 e. The number of nitrogens with zero attached hydrogens (tertiary/aromatic N) is 1. The van der Waals surface area contributed by atoms with Crippen LogP contribution in [0.3, 0.4) is 0 Å². The van der Waals surface area contributed by atoms with Gasteiger partial charge in [0.2, 0.25) is 5.91 Å². The number of piperidine rings is 1. The van der Waals surface area contributed by atoms with Crippen LogP contribution in [0.15, 0.2) is 29.5 Å². The monoisotopic (exact) mass is 446 g/mol. The largest absolute Gasteiger partial charge is 0.493 e. The molecule has 3 amide bonds. The summed E-state index contributed by atoms with van der Waals surface area (Å²) < 4.78 is 16.0. The van der Waals surface area contributed by atoms with E-state index < -0.39 is 18.0 Å². The Labute approximate surface area is 187 Å². The van der Waals surface area contributed by atoms with Crippen LogP contribution >= 0.6 is 0 Å². The number of primary amides is 1. The predicted molar refractivity (Wildman–Crippen MR) is 116 cm³/mol. The molecule has 1 saturated heterocycles. The number of carbonyl (C=O) groups excluding carboxylic acids is 3. The number of urea groups is 1. The Kier molecular flexibility index (Phi) is 7.57. The molecule has 174 valence electrons. The maximum Gasteiger partial charge on any atom is 0.338 e. The topological polar surface area (TPSA) is 132 Å². The minimum atomic E-state index is -0.722. The van der Waals surface area contributed by atoms with Crippen molar-refractivity contribution < 1.29 is 28.6 Å². The fourth-order valence-corrected chi connectivity index (χ4v) is 4.07. The summed E-state index contributed by atoms with van der Waals surface area (Å²) in [5.74, 6) is 0.0697. The summed E-state index contributed by atoms with van der Waals surface area (Å²) in [7, 11) is 3.05. The van der Waals surface area contributed by atoms with Gasteiger partial charge in [0.25, 0.3) is 0 Å². The number of nitrogens with one attached hydrogen (secondary N) is 2. The van der Waals surface area contributed by atoms with Gasteiger partial charge in [-0.05, 0) is 50.6 Å². The number of benzene rings is 1. The Morgan fingerprint density at radius 3 is 2.44 bits per heavy atom. The van der Waals surface area contributed by atoms with Crippen molar-refractivity contribution >= 4 is 17.9 Å². The number of ether oxygens (including phenoxy) is 3. The molecule has 3 rings (SSSR count). The zero-order valence-electron chi connectivity index (χ0n) is 18.6. The van der Waals surface area contributed by atoms with Crippen LogP contribution < -0.4 is 25.8 Å². The lowest BCUT2D eigenvalue weighted by atomic mass is 9.93. The van der Waals surface area contributed by atoms with Gasteiger partial charge in [-0.2, -0.15) is 0 Å². The van der Waals surface area contributed by atoms with Crippen molar-refractivity contribution in [3.8, 4) is 11.5 Å². The molecule has 1 aromatic carbocycles. The van der Waals surface area contributed by atoms with Crippen molar-refractivity contribution in [2.24, 2.45) is 11.7 Å². The summed E-state index contributed by atoms with van der Waals surface area (Å²) in [6.07, 6.45) is 1.28. The second-order valence-corrected chi connectivity index (χ2v) is 7.71. The van der Waals surface area contributed by atoms with Gasteiger partial charge in [-0.15, -0.1) is 0 Å². The minimum absolute atomic E-state index is 0.146. The third-order valence-corrected chi connectivity index (χ3v) is 5.76. The Hall–Kier alpha value is -3.27. The van der Waals surface area contributed by atoms with E-state index in [-0.39, 0.29) is 18.4 Å². The van der Waals surface area contributed by atoms with Crippen molar-refractivity contribution in [3.63, 3.8) is 0 Å². The molecular formula is C22H30N4O6. The van der Waals surface area contributed by atoms with Crippen LogP contribution in [0.1, 0.15) is 31.4 Å². The smallest absolute Gasteiger partial charge is 0.338 e. The van der Waals surface area contributed by atoms with Crippen molar-refractivity contribution in [3.05, 3.63) is 35.0 Å². The van der Waals surface area contributed by atoms with Crippen LogP contribution in [-0.4, -0.2) is 63.3 Å². The highest BCUT2D eigenvalue weighted by atomic mass is 16.5. The zero-order chi connectivity index (χ0) is 23.3. The maximum atomic E-state index is 13.0. The molecule has 0 unspecified atom stereocenters. The maximum absolute atomic E-state index is 13.0. The van der Waals surface area contributed by atoms with Gasteiger partial charge < -0.3 is 30.6 Å². The zero-order valence-corrected chi connectivity index (χ0v) is 18.6. The molecule has 1 fully saturated rings. The van der Waals surface area contributed by atoms with Gasteiger partial charge >= 0.3 is 12.0 Å². The summed E-state index contributed by atoms with van der Waals surface area (Å²) in [5.41, 5.74) is 6.89. The quantitative estimate of drug-likeness (QED) is 0.509. The molecule has 1 atom stereocenters. The van der Waals surface area contributed by atoms with Gasteiger partial charge in [0.15, 0.2) is 11.5 Å². The van der Waals surface area contributed by atoms with Crippen LogP contribution in [0, 0.1) is 5.92 Å². The Morgan fingerprint density at radius 1 is 1.16 bits per heavy atom. The fraction of sp³-hybridized carbons (Fsp3) is 0.500. The molecule has 2 aliphatic heterocycles. The van der Waals surface area contributed by atoms with E-state index in [4.69, 9.17) is 19.9 Å². The molecule has 0 aromatic heterocycles. The van der Waals surface area contributed by atoms with E-state index in [9.17, 15) is 14.4 Å². The molecule has 32 heavy (non-hydrogen) atoms. The van der Waals surface area contributed by atoms with Crippen molar-refractivity contribution in [2.45, 2.75) is 25.8 Å². The summed E-state index contributed by atoms with van der Waals surface area (Å²) in [6, 6.07) is 4.08. The van der Waals surface area contributed by atoms with Crippen molar-refractivity contribution in [2.75, 3.05) is 40.5 Å². The van der Waals surface area contributed by atoms with Crippen molar-refractivity contribution in [1.82, 2.24) is 15.5 Å².